The highest BCUT2D eigenvalue weighted by atomic mass is 15.0. The summed E-state index contributed by atoms with van der Waals surface area (Å²) >= 11 is 0. The van der Waals surface area contributed by atoms with E-state index in [2.05, 4.69) is 36.5 Å². The van der Waals surface area contributed by atoms with Gasteiger partial charge in [-0.1, -0.05) is 24.3 Å². The van der Waals surface area contributed by atoms with E-state index in [0.29, 0.717) is 12.0 Å². The van der Waals surface area contributed by atoms with Crippen molar-refractivity contribution in [3.05, 3.63) is 35.6 Å². The van der Waals surface area contributed by atoms with Gasteiger partial charge in [0.25, 0.3) is 0 Å². The number of nitrogens with one attached hydrogen (secondary N) is 1. The Kier molecular flexibility index (Phi) is 2.23. The molecule has 0 radical (unpaired) electrons. The summed E-state index contributed by atoms with van der Waals surface area (Å²) in [6.07, 6.45) is 9.86. The van der Waals surface area contributed by atoms with Crippen LogP contribution in [0.1, 0.15) is 13.3 Å². The Morgan fingerprint density at radius 2 is 2.38 bits per heavy atom. The van der Waals surface area contributed by atoms with Gasteiger partial charge in [0.15, 0.2) is 0 Å². The maximum atomic E-state index is 5.57. The zero-order valence-corrected chi connectivity index (χ0v) is 7.96. The average molecular weight is 176 g/mol. The molecule has 0 aromatic heterocycles. The zero-order chi connectivity index (χ0) is 9.26. The lowest BCUT2D eigenvalue weighted by atomic mass is 9.89. The first-order chi connectivity index (χ1) is 6.31. The summed E-state index contributed by atoms with van der Waals surface area (Å²) in [5.74, 6) is 0.548. The van der Waals surface area contributed by atoms with Crippen molar-refractivity contribution in [1.82, 2.24) is 5.32 Å². The van der Waals surface area contributed by atoms with E-state index < -0.39 is 0 Å². The van der Waals surface area contributed by atoms with E-state index in [4.69, 9.17) is 5.73 Å². The lowest BCUT2D eigenvalue weighted by Crippen LogP contribution is -2.31. The molecule has 0 bridgehead atoms. The fraction of sp³-hybridized carbons (Fsp3) is 0.455. The number of allylic oxidation sites excluding steroid dienone is 3. The first kappa shape index (κ1) is 8.57. The first-order valence-corrected chi connectivity index (χ1v) is 4.83. The molecular weight excluding hydrogens is 160 g/mol. The molecule has 2 heteroatoms. The topological polar surface area (TPSA) is 38.0 Å². The van der Waals surface area contributed by atoms with Crippen LogP contribution >= 0.6 is 0 Å². The highest BCUT2D eigenvalue weighted by Crippen LogP contribution is 2.28. The second-order valence-corrected chi connectivity index (χ2v) is 3.71. The van der Waals surface area contributed by atoms with Gasteiger partial charge in [-0.2, -0.15) is 0 Å². The van der Waals surface area contributed by atoms with Gasteiger partial charge in [-0.05, 0) is 25.5 Å². The van der Waals surface area contributed by atoms with E-state index >= 15 is 0 Å². The molecule has 0 saturated carbocycles. The normalized spacial score (nSPS) is 30.6. The number of hydrogen-bond acceptors (Lipinski definition) is 2. The Balaban J connectivity index is 2.15. The van der Waals surface area contributed by atoms with Crippen molar-refractivity contribution in [2.45, 2.75) is 19.4 Å². The lowest BCUT2D eigenvalue weighted by molar-refractivity contribution is 0.584. The summed E-state index contributed by atoms with van der Waals surface area (Å²) in [6, 6.07) is 0.480. The molecule has 0 aromatic carbocycles. The van der Waals surface area contributed by atoms with Crippen molar-refractivity contribution in [3.8, 4) is 0 Å². The zero-order valence-electron chi connectivity index (χ0n) is 7.96. The summed E-state index contributed by atoms with van der Waals surface area (Å²) in [5.41, 5.74) is 8.28. The molecule has 0 aromatic rings. The van der Waals surface area contributed by atoms with Crippen molar-refractivity contribution < 1.29 is 0 Å². The van der Waals surface area contributed by atoms with Gasteiger partial charge >= 0.3 is 0 Å². The largest absolute Gasteiger partial charge is 0.381 e. The van der Waals surface area contributed by atoms with Crippen molar-refractivity contribution in [1.29, 1.82) is 0 Å². The predicted octanol–water partition coefficient (Wildman–Crippen LogP) is 1.32. The van der Waals surface area contributed by atoms with Crippen LogP contribution in [0, 0.1) is 5.92 Å². The molecule has 13 heavy (non-hydrogen) atoms. The molecule has 2 nitrogen and oxygen atoms in total. The van der Waals surface area contributed by atoms with Crippen LogP contribution in [0.2, 0.25) is 0 Å². The van der Waals surface area contributed by atoms with E-state index in [1.54, 1.807) is 0 Å². The van der Waals surface area contributed by atoms with Gasteiger partial charge in [0, 0.05) is 11.6 Å². The minimum atomic E-state index is 0.480. The second-order valence-electron chi connectivity index (χ2n) is 3.71. The fourth-order valence-electron chi connectivity index (χ4n) is 2.10. The van der Waals surface area contributed by atoms with Gasteiger partial charge in [-0.3, -0.25) is 0 Å². The van der Waals surface area contributed by atoms with Crippen LogP contribution in [-0.2, 0) is 0 Å². The smallest absolute Gasteiger partial charge is 0.0572 e. The van der Waals surface area contributed by atoms with E-state index in [0.717, 1.165) is 13.0 Å². The summed E-state index contributed by atoms with van der Waals surface area (Å²) in [4.78, 5) is 0. The van der Waals surface area contributed by atoms with Crippen LogP contribution in [-0.4, -0.2) is 12.6 Å². The molecule has 2 atom stereocenters. The summed E-state index contributed by atoms with van der Waals surface area (Å²) in [6.45, 7) is 2.86. The van der Waals surface area contributed by atoms with E-state index in [1.165, 1.54) is 11.3 Å². The molecule has 2 unspecified atom stereocenters. The van der Waals surface area contributed by atoms with Crippen LogP contribution in [0.15, 0.2) is 35.6 Å². The van der Waals surface area contributed by atoms with Crippen LogP contribution in [0.3, 0.4) is 0 Å². The SMILES string of the molecule is CC1=CC2C=CC=C(CCN)C2N1. The highest BCUT2D eigenvalue weighted by Gasteiger charge is 2.27. The Morgan fingerprint density at radius 1 is 1.54 bits per heavy atom. The third-order valence-electron chi connectivity index (χ3n) is 2.69. The molecule has 70 valence electrons. The van der Waals surface area contributed by atoms with Gasteiger partial charge in [0.2, 0.25) is 0 Å². The third kappa shape index (κ3) is 1.54. The van der Waals surface area contributed by atoms with Gasteiger partial charge in [0.05, 0.1) is 6.04 Å². The molecule has 0 fully saturated rings. The van der Waals surface area contributed by atoms with E-state index in [1.807, 2.05) is 0 Å². The molecule has 0 spiro atoms. The average Bonchev–Trinajstić information content (AvgIpc) is 2.47. The molecule has 0 saturated heterocycles. The number of rotatable bonds is 2. The number of nitrogens with two attached hydrogens (primary N) is 1. The molecular formula is C11H16N2. The summed E-state index contributed by atoms with van der Waals surface area (Å²) in [7, 11) is 0. The molecule has 1 heterocycles. The minimum absolute atomic E-state index is 0.480. The Labute approximate surface area is 79.2 Å². The maximum absolute atomic E-state index is 5.57. The predicted molar refractivity (Wildman–Crippen MR) is 55.1 cm³/mol. The van der Waals surface area contributed by atoms with Crippen molar-refractivity contribution in [3.63, 3.8) is 0 Å². The number of hydrogen-bond donors (Lipinski definition) is 2. The standard InChI is InChI=1S/C11H16N2/c1-8-7-10-4-2-3-9(5-6-12)11(10)13-8/h2-4,7,10-11,13H,5-6,12H2,1H3. The van der Waals surface area contributed by atoms with E-state index in [9.17, 15) is 0 Å². The van der Waals surface area contributed by atoms with Crippen molar-refractivity contribution >= 4 is 0 Å². The Morgan fingerprint density at radius 3 is 3.15 bits per heavy atom. The van der Waals surface area contributed by atoms with E-state index in [-0.39, 0.29) is 0 Å². The van der Waals surface area contributed by atoms with Gasteiger partial charge in [0.1, 0.15) is 0 Å². The van der Waals surface area contributed by atoms with Crippen LogP contribution in [0.4, 0.5) is 0 Å². The van der Waals surface area contributed by atoms with Crippen LogP contribution in [0.5, 0.6) is 0 Å². The molecule has 1 aliphatic heterocycles. The Hall–Kier alpha value is -1.02. The lowest BCUT2D eigenvalue weighted by Gasteiger charge is -2.23. The second kappa shape index (κ2) is 3.38. The molecule has 2 rings (SSSR count). The monoisotopic (exact) mass is 176 g/mol. The Bertz CT molecular complexity index is 286. The fourth-order valence-corrected chi connectivity index (χ4v) is 2.10. The van der Waals surface area contributed by atoms with Crippen molar-refractivity contribution in [2.24, 2.45) is 11.7 Å². The molecule has 1 aliphatic carbocycles. The summed E-state index contributed by atoms with van der Waals surface area (Å²) < 4.78 is 0. The van der Waals surface area contributed by atoms with Crippen LogP contribution in [0.25, 0.3) is 0 Å². The van der Waals surface area contributed by atoms with Gasteiger partial charge in [-0.15, -0.1) is 0 Å². The molecule has 3 N–H and O–H groups in total. The quantitative estimate of drug-likeness (QED) is 0.666. The molecule has 0 amide bonds. The van der Waals surface area contributed by atoms with Crippen molar-refractivity contribution in [2.75, 3.05) is 6.54 Å². The molecule has 2 aliphatic rings. The number of fused-ring (bicyclic) bond motifs is 1. The van der Waals surface area contributed by atoms with Gasteiger partial charge in [-0.25, -0.2) is 0 Å². The van der Waals surface area contributed by atoms with Crippen LogP contribution < -0.4 is 11.1 Å². The highest BCUT2D eigenvalue weighted by molar-refractivity contribution is 5.34. The minimum Gasteiger partial charge on any atom is -0.381 e. The summed E-state index contributed by atoms with van der Waals surface area (Å²) in [5, 5.41) is 3.48. The maximum Gasteiger partial charge on any atom is 0.0572 e. The van der Waals surface area contributed by atoms with Gasteiger partial charge < -0.3 is 11.1 Å². The first-order valence-electron chi connectivity index (χ1n) is 4.83. The third-order valence-corrected chi connectivity index (χ3v) is 2.69.